The summed E-state index contributed by atoms with van der Waals surface area (Å²) < 4.78 is 1.46. The minimum absolute atomic E-state index is 0.0567. The number of hydrogen-bond donors (Lipinski definition) is 3. The van der Waals surface area contributed by atoms with Crippen LogP contribution in [0, 0.1) is 17.8 Å². The fraction of sp³-hybridized carbons (Fsp3) is 0.348. The summed E-state index contributed by atoms with van der Waals surface area (Å²) in [7, 11) is 0. The van der Waals surface area contributed by atoms with E-state index in [4.69, 9.17) is 0 Å². The molecule has 168 valence electrons. The van der Waals surface area contributed by atoms with E-state index in [1.54, 1.807) is 36.4 Å². The zero-order valence-corrected chi connectivity index (χ0v) is 20.6. The van der Waals surface area contributed by atoms with Crippen molar-refractivity contribution in [1.82, 2.24) is 5.32 Å². The zero-order chi connectivity index (χ0) is 23.4. The van der Waals surface area contributed by atoms with Crippen molar-refractivity contribution in [2.24, 2.45) is 17.8 Å². The maximum atomic E-state index is 13.6. The molecule has 4 atom stereocenters. The van der Waals surface area contributed by atoms with Crippen molar-refractivity contribution in [3.63, 3.8) is 0 Å². The molecule has 0 aromatic heterocycles. The van der Waals surface area contributed by atoms with Gasteiger partial charge in [-0.25, -0.2) is 4.90 Å². The molecule has 2 aromatic rings. The molecule has 2 aliphatic heterocycles. The smallest absolute Gasteiger partial charge is 0.324 e. The van der Waals surface area contributed by atoms with Crippen LogP contribution in [0.1, 0.15) is 31.9 Å². The molecule has 0 radical (unpaired) electrons. The zero-order valence-electron chi connectivity index (χ0n) is 17.4. The molecule has 4 rings (SSSR count). The number of carboxylic acid groups (broad SMARTS) is 1. The van der Waals surface area contributed by atoms with Gasteiger partial charge in [0.2, 0.25) is 11.8 Å². The van der Waals surface area contributed by atoms with E-state index in [0.29, 0.717) is 15.7 Å². The van der Waals surface area contributed by atoms with Crippen LogP contribution in [-0.4, -0.2) is 33.5 Å². The largest absolute Gasteiger partial charge is 0.508 e. The summed E-state index contributed by atoms with van der Waals surface area (Å²) in [6.07, 6.45) is 0.155. The quantitative estimate of drug-likeness (QED) is 0.468. The lowest BCUT2D eigenvalue weighted by Crippen LogP contribution is -2.56. The van der Waals surface area contributed by atoms with Gasteiger partial charge in [-0.1, -0.05) is 45.7 Å². The number of rotatable bonds is 5. The van der Waals surface area contributed by atoms with Gasteiger partial charge in [0.1, 0.15) is 11.3 Å². The molecular weight excluding hydrogens is 544 g/mol. The number of imide groups is 1. The first-order chi connectivity index (χ1) is 15.1. The summed E-state index contributed by atoms with van der Waals surface area (Å²) in [6.45, 7) is 3.75. The van der Waals surface area contributed by atoms with Crippen LogP contribution >= 0.6 is 31.9 Å². The van der Waals surface area contributed by atoms with E-state index in [-0.39, 0.29) is 18.1 Å². The highest BCUT2D eigenvalue weighted by Gasteiger charge is 2.68. The fourth-order valence-corrected chi connectivity index (χ4v) is 5.65. The van der Waals surface area contributed by atoms with Crippen molar-refractivity contribution < 1.29 is 24.6 Å². The van der Waals surface area contributed by atoms with Crippen LogP contribution in [0.5, 0.6) is 5.75 Å². The number of nitrogens with one attached hydrogen (secondary N) is 1. The third-order valence-corrected chi connectivity index (χ3v) is 7.20. The number of carbonyl (C=O) groups is 3. The summed E-state index contributed by atoms with van der Waals surface area (Å²) in [4.78, 5) is 41.0. The van der Waals surface area contributed by atoms with Crippen molar-refractivity contribution in [3.05, 3.63) is 57.0 Å². The van der Waals surface area contributed by atoms with Gasteiger partial charge >= 0.3 is 5.97 Å². The maximum Gasteiger partial charge on any atom is 0.324 e. The lowest BCUT2D eigenvalue weighted by atomic mass is 9.75. The standard InChI is InChI=1S/C23H22Br2N2O5/c1-11(2)10-23(22(31)32)18-17(19(26-23)15-9-13(25)5-8-16(15)28)20(29)27(21(18)30)14-6-3-12(24)4-7-14/h3-9,11,17-19,26,28H,10H2,1-2H3,(H,31,32)/t17-,18+,19-,23+/m1/s1. The van der Waals surface area contributed by atoms with Crippen molar-refractivity contribution in [2.75, 3.05) is 4.90 Å². The summed E-state index contributed by atoms with van der Waals surface area (Å²) in [6, 6.07) is 10.7. The molecule has 0 aliphatic carbocycles. The summed E-state index contributed by atoms with van der Waals surface area (Å²) in [5.74, 6) is -4.42. The number of halogens is 2. The highest BCUT2D eigenvalue weighted by Crippen LogP contribution is 2.53. The average Bonchev–Trinajstić information content (AvgIpc) is 3.19. The first-order valence-electron chi connectivity index (χ1n) is 10.2. The van der Waals surface area contributed by atoms with Crippen molar-refractivity contribution >= 4 is 55.3 Å². The molecular formula is C23H22Br2N2O5. The molecule has 2 amide bonds. The van der Waals surface area contributed by atoms with Crippen molar-refractivity contribution in [1.29, 1.82) is 0 Å². The lowest BCUT2D eigenvalue weighted by Gasteiger charge is -2.32. The highest BCUT2D eigenvalue weighted by atomic mass is 79.9. The minimum Gasteiger partial charge on any atom is -0.508 e. The Morgan fingerprint density at radius 1 is 1.09 bits per heavy atom. The fourth-order valence-electron chi connectivity index (χ4n) is 5.00. The number of amides is 2. The van der Waals surface area contributed by atoms with Crippen LogP contribution < -0.4 is 10.2 Å². The van der Waals surface area contributed by atoms with E-state index >= 15 is 0 Å². The number of aromatic hydroxyl groups is 1. The molecule has 0 spiro atoms. The first-order valence-corrected chi connectivity index (χ1v) is 11.8. The Morgan fingerprint density at radius 2 is 1.72 bits per heavy atom. The Bertz CT molecular complexity index is 1100. The van der Waals surface area contributed by atoms with Crippen molar-refractivity contribution in [2.45, 2.75) is 31.8 Å². The van der Waals surface area contributed by atoms with Gasteiger partial charge in [0, 0.05) is 20.6 Å². The van der Waals surface area contributed by atoms with E-state index in [9.17, 15) is 24.6 Å². The average molecular weight is 566 g/mol. The van der Waals surface area contributed by atoms with Gasteiger partial charge in [0.05, 0.1) is 17.5 Å². The number of fused-ring (bicyclic) bond motifs is 1. The van der Waals surface area contributed by atoms with Crippen LogP contribution in [-0.2, 0) is 14.4 Å². The molecule has 2 aromatic carbocycles. The van der Waals surface area contributed by atoms with E-state index in [1.165, 1.54) is 6.07 Å². The minimum atomic E-state index is -1.64. The highest BCUT2D eigenvalue weighted by molar-refractivity contribution is 9.10. The Morgan fingerprint density at radius 3 is 2.31 bits per heavy atom. The number of carboxylic acids is 1. The molecule has 2 aliphatic rings. The van der Waals surface area contributed by atoms with Gasteiger partial charge in [-0.2, -0.15) is 0 Å². The Kier molecular flexibility index (Phi) is 5.94. The third-order valence-electron chi connectivity index (χ3n) is 6.18. The lowest BCUT2D eigenvalue weighted by molar-refractivity contribution is -0.149. The van der Waals surface area contributed by atoms with E-state index < -0.39 is 41.2 Å². The predicted molar refractivity (Wildman–Crippen MR) is 125 cm³/mol. The molecule has 2 heterocycles. The second-order valence-corrected chi connectivity index (χ2v) is 10.5. The number of anilines is 1. The molecule has 2 fully saturated rings. The predicted octanol–water partition coefficient (Wildman–Crippen LogP) is 4.24. The summed E-state index contributed by atoms with van der Waals surface area (Å²) >= 11 is 6.72. The van der Waals surface area contributed by atoms with Crippen LogP contribution in [0.25, 0.3) is 0 Å². The van der Waals surface area contributed by atoms with Gasteiger partial charge in [-0.15, -0.1) is 0 Å². The monoisotopic (exact) mass is 564 g/mol. The van der Waals surface area contributed by atoms with Gasteiger partial charge in [0.25, 0.3) is 0 Å². The second-order valence-electron chi connectivity index (χ2n) is 8.69. The molecule has 3 N–H and O–H groups in total. The van der Waals surface area contributed by atoms with E-state index in [2.05, 4.69) is 37.2 Å². The normalized spacial score (nSPS) is 27.3. The number of aliphatic carboxylic acids is 1. The van der Waals surface area contributed by atoms with Crippen molar-refractivity contribution in [3.8, 4) is 5.75 Å². The molecule has 7 nitrogen and oxygen atoms in total. The summed E-state index contributed by atoms with van der Waals surface area (Å²) in [5, 5.41) is 24.0. The topological polar surface area (TPSA) is 107 Å². The number of phenols is 1. The molecule has 0 unspecified atom stereocenters. The number of benzene rings is 2. The maximum absolute atomic E-state index is 13.6. The first kappa shape index (κ1) is 22.9. The molecule has 0 bridgehead atoms. The van der Waals surface area contributed by atoms with Gasteiger partial charge in [-0.3, -0.25) is 19.7 Å². The van der Waals surface area contributed by atoms with Crippen LogP contribution in [0.2, 0.25) is 0 Å². The Balaban J connectivity index is 1.89. The van der Waals surface area contributed by atoms with Crippen LogP contribution in [0.4, 0.5) is 5.69 Å². The van der Waals surface area contributed by atoms with Gasteiger partial charge < -0.3 is 10.2 Å². The number of hydrogen-bond acceptors (Lipinski definition) is 5. The Hall–Kier alpha value is -2.23. The molecule has 0 saturated carbocycles. The van der Waals surface area contributed by atoms with Crippen LogP contribution in [0.15, 0.2) is 51.4 Å². The molecule has 32 heavy (non-hydrogen) atoms. The van der Waals surface area contributed by atoms with Crippen LogP contribution in [0.3, 0.4) is 0 Å². The number of nitrogens with zero attached hydrogens (tertiary/aromatic N) is 1. The summed E-state index contributed by atoms with van der Waals surface area (Å²) in [5.41, 5.74) is -0.881. The third kappa shape index (κ3) is 3.56. The molecule has 9 heteroatoms. The molecule has 2 saturated heterocycles. The number of phenolic OH excluding ortho intramolecular Hbond substituents is 1. The Labute approximate surface area is 202 Å². The van der Waals surface area contributed by atoms with Gasteiger partial charge in [-0.05, 0) is 54.8 Å². The van der Waals surface area contributed by atoms with Gasteiger partial charge in [0.15, 0.2) is 0 Å². The SMILES string of the molecule is CC(C)C[C@]1(C(=O)O)N[C@H](c2cc(Br)ccc2O)[C@@H]2C(=O)N(c3ccc(Br)cc3)C(=O)[C@H]21. The second kappa shape index (κ2) is 8.28. The number of carbonyl (C=O) groups excluding carboxylic acids is 2. The van der Waals surface area contributed by atoms with E-state index in [1.807, 2.05) is 13.8 Å². The van der Waals surface area contributed by atoms with E-state index in [0.717, 1.165) is 9.37 Å².